The van der Waals surface area contributed by atoms with Gasteiger partial charge in [-0.25, -0.2) is 17.2 Å². The number of ketones is 2. The number of rotatable bonds is 9. The molecular weight excluding hydrogens is 611 g/mol. The summed E-state index contributed by atoms with van der Waals surface area (Å²) in [6.45, 7) is 2.39. The lowest BCUT2D eigenvalue weighted by Crippen LogP contribution is -2.36. The fourth-order valence-electron chi connectivity index (χ4n) is 5.30. The lowest BCUT2D eigenvalue weighted by molar-refractivity contribution is -0.121. The van der Waals surface area contributed by atoms with E-state index in [1.807, 2.05) is 0 Å². The Kier molecular flexibility index (Phi) is 9.54. The van der Waals surface area contributed by atoms with Crippen LogP contribution in [0.4, 0.5) is 8.78 Å². The van der Waals surface area contributed by atoms with E-state index in [4.69, 9.17) is 23.2 Å². The highest BCUT2D eigenvalue weighted by Crippen LogP contribution is 2.34. The van der Waals surface area contributed by atoms with E-state index in [9.17, 15) is 31.6 Å². The first-order chi connectivity index (χ1) is 19.6. The third kappa shape index (κ3) is 7.07. The molecule has 224 valence electrons. The SMILES string of the molecule is CC(=O)C1CCC(n2ncc(C(=O)N(CC(=O)c3c(Cl)cc(S(C)(=O)=O)cc3Cl)Cc3cc(F)cc(F)c3)c2C)CC1. The van der Waals surface area contributed by atoms with E-state index in [1.54, 1.807) is 18.5 Å². The van der Waals surface area contributed by atoms with Crippen molar-refractivity contribution in [1.82, 2.24) is 14.7 Å². The van der Waals surface area contributed by atoms with Crippen molar-refractivity contribution < 1.29 is 31.6 Å². The molecular formula is C29H29Cl2F2N3O5S. The van der Waals surface area contributed by atoms with E-state index in [0.29, 0.717) is 37.4 Å². The predicted octanol–water partition coefficient (Wildman–Crippen LogP) is 6.03. The zero-order chi connectivity index (χ0) is 30.9. The first-order valence-electron chi connectivity index (χ1n) is 13.2. The summed E-state index contributed by atoms with van der Waals surface area (Å²) < 4.78 is 53.6. The predicted molar refractivity (Wildman–Crippen MR) is 154 cm³/mol. The van der Waals surface area contributed by atoms with E-state index in [2.05, 4.69) is 5.10 Å². The molecule has 0 saturated heterocycles. The molecule has 1 aromatic heterocycles. The van der Waals surface area contributed by atoms with Gasteiger partial charge in [0.1, 0.15) is 17.4 Å². The molecule has 1 fully saturated rings. The Morgan fingerprint density at radius 3 is 2.10 bits per heavy atom. The summed E-state index contributed by atoms with van der Waals surface area (Å²) in [5.74, 6) is -2.86. The summed E-state index contributed by atoms with van der Waals surface area (Å²) in [4.78, 5) is 40.0. The van der Waals surface area contributed by atoms with Gasteiger partial charge in [-0.15, -0.1) is 0 Å². The minimum absolute atomic E-state index is 0.0107. The van der Waals surface area contributed by atoms with Gasteiger partial charge in [0.15, 0.2) is 15.6 Å². The number of sulfone groups is 1. The van der Waals surface area contributed by atoms with E-state index in [1.165, 1.54) is 6.20 Å². The Hall–Kier alpha value is -3.15. The third-order valence-electron chi connectivity index (χ3n) is 7.53. The molecule has 0 atom stereocenters. The van der Waals surface area contributed by atoms with Gasteiger partial charge in [-0.3, -0.25) is 19.1 Å². The summed E-state index contributed by atoms with van der Waals surface area (Å²) in [6, 6.07) is 4.98. The summed E-state index contributed by atoms with van der Waals surface area (Å²) in [5.41, 5.74) is 0.648. The Morgan fingerprint density at radius 1 is 1.00 bits per heavy atom. The average molecular weight is 641 g/mol. The lowest BCUT2D eigenvalue weighted by atomic mass is 9.84. The third-order valence-corrected chi connectivity index (χ3v) is 9.22. The molecule has 1 saturated carbocycles. The minimum atomic E-state index is -3.67. The molecule has 1 amide bonds. The molecule has 8 nitrogen and oxygen atoms in total. The van der Waals surface area contributed by atoms with Crippen molar-refractivity contribution in [1.29, 1.82) is 0 Å². The van der Waals surface area contributed by atoms with E-state index in [0.717, 1.165) is 35.4 Å². The smallest absolute Gasteiger partial charge is 0.258 e. The lowest BCUT2D eigenvalue weighted by Gasteiger charge is -2.28. The molecule has 0 radical (unpaired) electrons. The molecule has 0 aliphatic heterocycles. The van der Waals surface area contributed by atoms with E-state index < -0.39 is 39.7 Å². The normalized spacial score (nSPS) is 17.2. The first-order valence-corrected chi connectivity index (χ1v) is 15.8. The van der Waals surface area contributed by atoms with Gasteiger partial charge >= 0.3 is 0 Å². The number of carbonyl (C=O) groups is 3. The van der Waals surface area contributed by atoms with Gasteiger partial charge in [0, 0.05) is 30.5 Å². The fourth-order valence-corrected chi connectivity index (χ4v) is 6.79. The van der Waals surface area contributed by atoms with Crippen LogP contribution in [0.3, 0.4) is 0 Å². The van der Waals surface area contributed by atoms with Crippen LogP contribution in [0.5, 0.6) is 0 Å². The van der Waals surface area contributed by atoms with Crippen molar-refractivity contribution in [3.8, 4) is 0 Å². The molecule has 1 aliphatic carbocycles. The van der Waals surface area contributed by atoms with Crippen LogP contribution in [0.2, 0.25) is 10.0 Å². The number of amides is 1. The second-order valence-electron chi connectivity index (χ2n) is 10.6. The summed E-state index contributed by atoms with van der Waals surface area (Å²) in [7, 11) is -3.67. The van der Waals surface area contributed by atoms with Crippen molar-refractivity contribution in [3.63, 3.8) is 0 Å². The quantitative estimate of drug-likeness (QED) is 0.265. The number of hydrogen-bond acceptors (Lipinski definition) is 6. The average Bonchev–Trinajstić information content (AvgIpc) is 3.27. The zero-order valence-corrected chi connectivity index (χ0v) is 25.5. The monoisotopic (exact) mass is 639 g/mol. The highest BCUT2D eigenvalue weighted by molar-refractivity contribution is 7.90. The number of hydrogen-bond donors (Lipinski definition) is 0. The number of aromatic nitrogens is 2. The van der Waals surface area contributed by atoms with Gasteiger partial charge < -0.3 is 4.90 Å². The molecule has 4 rings (SSSR count). The summed E-state index contributed by atoms with van der Waals surface area (Å²) in [5, 5.41) is 3.99. The van der Waals surface area contributed by atoms with Gasteiger partial charge in [-0.2, -0.15) is 5.10 Å². The Bertz CT molecular complexity index is 1620. The number of nitrogens with zero attached hydrogens (tertiary/aromatic N) is 3. The van der Waals surface area contributed by atoms with Crippen molar-refractivity contribution >= 4 is 50.5 Å². The number of carbonyl (C=O) groups excluding carboxylic acids is 3. The summed E-state index contributed by atoms with van der Waals surface area (Å²) >= 11 is 12.5. The topological polar surface area (TPSA) is 106 Å². The standard InChI is InChI=1S/C29H29Cl2F2N3O5S/c1-16-24(13-34-36(16)22-6-4-19(5-7-22)17(2)37)29(39)35(14-18-8-20(32)10-21(33)9-18)15-27(38)28-25(30)11-23(12-26(28)31)42(3,40)41/h8-13,19,22H,4-7,14-15H2,1-3H3. The van der Waals surface area contributed by atoms with Gasteiger partial charge in [0.2, 0.25) is 0 Å². The Morgan fingerprint density at radius 2 is 1.57 bits per heavy atom. The number of Topliss-reactive ketones (excluding diaryl/α,β-unsaturated/α-hetero) is 2. The van der Waals surface area contributed by atoms with Crippen LogP contribution in [0.1, 0.15) is 70.6 Å². The Labute approximate surface area is 252 Å². The first kappa shape index (κ1) is 31.8. The van der Waals surface area contributed by atoms with E-state index >= 15 is 0 Å². The van der Waals surface area contributed by atoms with Gasteiger partial charge in [0.05, 0.1) is 44.9 Å². The molecule has 0 bridgehead atoms. The van der Waals surface area contributed by atoms with Crippen LogP contribution in [-0.4, -0.2) is 53.4 Å². The second kappa shape index (κ2) is 12.6. The van der Waals surface area contributed by atoms with Crippen LogP contribution in [0, 0.1) is 24.5 Å². The second-order valence-corrected chi connectivity index (χ2v) is 13.4. The minimum Gasteiger partial charge on any atom is -0.326 e. The maximum Gasteiger partial charge on any atom is 0.258 e. The molecule has 0 spiro atoms. The van der Waals surface area contributed by atoms with Crippen molar-refractivity contribution in [2.75, 3.05) is 12.8 Å². The van der Waals surface area contributed by atoms with Crippen LogP contribution in [-0.2, 0) is 21.2 Å². The van der Waals surface area contributed by atoms with E-state index in [-0.39, 0.29) is 55.9 Å². The van der Waals surface area contributed by atoms with Crippen LogP contribution < -0.4 is 0 Å². The molecule has 2 aromatic carbocycles. The van der Waals surface area contributed by atoms with Crippen molar-refractivity contribution in [2.45, 2.75) is 57.0 Å². The maximum absolute atomic E-state index is 14.0. The molecule has 1 heterocycles. The number of benzene rings is 2. The fraction of sp³-hybridized carbons (Fsp3) is 0.379. The molecule has 13 heteroatoms. The highest BCUT2D eigenvalue weighted by Gasteiger charge is 2.30. The van der Waals surface area contributed by atoms with Gasteiger partial charge in [-0.1, -0.05) is 23.2 Å². The van der Waals surface area contributed by atoms with Crippen LogP contribution >= 0.6 is 23.2 Å². The van der Waals surface area contributed by atoms with Gasteiger partial charge in [-0.05, 0) is 69.4 Å². The van der Waals surface area contributed by atoms with Crippen molar-refractivity contribution in [2.24, 2.45) is 5.92 Å². The number of halogens is 4. The highest BCUT2D eigenvalue weighted by atomic mass is 35.5. The molecule has 1 aliphatic rings. The largest absolute Gasteiger partial charge is 0.326 e. The zero-order valence-electron chi connectivity index (χ0n) is 23.2. The molecule has 0 N–H and O–H groups in total. The maximum atomic E-state index is 14.0. The molecule has 0 unspecified atom stereocenters. The van der Waals surface area contributed by atoms with Crippen LogP contribution in [0.15, 0.2) is 41.4 Å². The molecule has 3 aromatic rings. The van der Waals surface area contributed by atoms with Gasteiger partial charge in [0.25, 0.3) is 5.91 Å². The molecule has 42 heavy (non-hydrogen) atoms. The van der Waals surface area contributed by atoms with Crippen LogP contribution in [0.25, 0.3) is 0 Å². The van der Waals surface area contributed by atoms with Crippen molar-refractivity contribution in [3.05, 3.63) is 80.6 Å². The summed E-state index contributed by atoms with van der Waals surface area (Å²) in [6.07, 6.45) is 5.21. The Balaban J connectivity index is 1.66.